The van der Waals surface area contributed by atoms with Crippen LogP contribution in [0.4, 0.5) is 4.39 Å². The van der Waals surface area contributed by atoms with E-state index in [1.165, 1.54) is 20.1 Å². The van der Waals surface area contributed by atoms with Gasteiger partial charge >= 0.3 is 0 Å². The second-order valence-electron chi connectivity index (χ2n) is 3.63. The number of nitrogens with zero attached hydrogens (tertiary/aromatic N) is 1. The fraction of sp³-hybridized carbons (Fsp3) is 0.778. The minimum atomic E-state index is -1.25. The number of nitrogens with one attached hydrogen (secondary N) is 1. The number of halogens is 1. The molecule has 3 heteroatoms. The lowest BCUT2D eigenvalue weighted by molar-refractivity contribution is 0.228. The standard InChI is InChI=1S/C9H17FN2/c1-7(5-11)8(2)12-6-9(3,4)10/h5,7,11H,6H2,1-4H3. The molecule has 70 valence electrons. The number of alkyl halides is 1. The maximum Gasteiger partial charge on any atom is 0.124 e. The predicted octanol–water partition coefficient (Wildman–Crippen LogP) is 2.48. The molecule has 0 saturated heterocycles. The summed E-state index contributed by atoms with van der Waals surface area (Å²) in [6.45, 7) is 6.87. The van der Waals surface area contributed by atoms with Crippen molar-refractivity contribution in [3.63, 3.8) is 0 Å². The molecule has 0 aromatic heterocycles. The van der Waals surface area contributed by atoms with Crippen molar-refractivity contribution in [3.8, 4) is 0 Å². The van der Waals surface area contributed by atoms with E-state index in [4.69, 9.17) is 5.41 Å². The van der Waals surface area contributed by atoms with Crippen molar-refractivity contribution in [2.24, 2.45) is 10.9 Å². The van der Waals surface area contributed by atoms with Crippen LogP contribution in [0.15, 0.2) is 4.99 Å². The van der Waals surface area contributed by atoms with Crippen molar-refractivity contribution < 1.29 is 4.39 Å². The second-order valence-corrected chi connectivity index (χ2v) is 3.63. The van der Waals surface area contributed by atoms with Crippen molar-refractivity contribution in [1.29, 1.82) is 5.41 Å². The van der Waals surface area contributed by atoms with Crippen LogP contribution in [-0.2, 0) is 0 Å². The first-order chi connectivity index (χ1) is 5.37. The summed E-state index contributed by atoms with van der Waals surface area (Å²) in [5, 5.41) is 6.97. The van der Waals surface area contributed by atoms with Crippen LogP contribution in [-0.4, -0.2) is 24.1 Å². The van der Waals surface area contributed by atoms with E-state index in [2.05, 4.69) is 4.99 Å². The predicted molar refractivity (Wildman–Crippen MR) is 51.1 cm³/mol. The van der Waals surface area contributed by atoms with Gasteiger partial charge in [-0.3, -0.25) is 4.99 Å². The van der Waals surface area contributed by atoms with Gasteiger partial charge in [0.05, 0.1) is 6.54 Å². The molecule has 2 nitrogen and oxygen atoms in total. The quantitative estimate of drug-likeness (QED) is 0.632. The number of hydrogen-bond donors (Lipinski definition) is 1. The number of hydrogen-bond acceptors (Lipinski definition) is 2. The third-order valence-electron chi connectivity index (χ3n) is 1.61. The Labute approximate surface area is 73.4 Å². The molecule has 0 amide bonds. The zero-order chi connectivity index (χ0) is 9.78. The Morgan fingerprint density at radius 1 is 1.67 bits per heavy atom. The van der Waals surface area contributed by atoms with Crippen LogP contribution < -0.4 is 0 Å². The van der Waals surface area contributed by atoms with Gasteiger partial charge in [0.1, 0.15) is 5.67 Å². The molecule has 12 heavy (non-hydrogen) atoms. The van der Waals surface area contributed by atoms with Gasteiger partial charge in [-0.1, -0.05) is 6.92 Å². The molecule has 1 atom stereocenters. The summed E-state index contributed by atoms with van der Waals surface area (Å²) >= 11 is 0. The molecule has 0 aromatic rings. The molecule has 1 unspecified atom stereocenters. The molecule has 0 aliphatic heterocycles. The van der Waals surface area contributed by atoms with E-state index >= 15 is 0 Å². The highest BCUT2D eigenvalue weighted by atomic mass is 19.1. The SMILES string of the molecule is CC(=NCC(C)(C)F)C(C)C=N. The summed E-state index contributed by atoms with van der Waals surface area (Å²) in [7, 11) is 0. The van der Waals surface area contributed by atoms with Crippen molar-refractivity contribution >= 4 is 11.9 Å². The summed E-state index contributed by atoms with van der Waals surface area (Å²) in [6.07, 6.45) is 1.31. The first-order valence-electron chi connectivity index (χ1n) is 4.07. The fourth-order valence-electron chi connectivity index (χ4n) is 0.577. The summed E-state index contributed by atoms with van der Waals surface area (Å²) < 4.78 is 13.0. The highest BCUT2D eigenvalue weighted by molar-refractivity contribution is 5.95. The first-order valence-corrected chi connectivity index (χ1v) is 4.07. The molecule has 0 aliphatic rings. The first kappa shape index (κ1) is 11.3. The third-order valence-corrected chi connectivity index (χ3v) is 1.61. The maximum atomic E-state index is 13.0. The minimum Gasteiger partial charge on any atom is -0.312 e. The molecule has 0 heterocycles. The Hall–Kier alpha value is -0.730. The molecule has 0 radical (unpaired) electrons. The van der Waals surface area contributed by atoms with Crippen LogP contribution in [0.2, 0.25) is 0 Å². The Kier molecular flexibility index (Phi) is 4.07. The Morgan fingerprint density at radius 3 is 2.50 bits per heavy atom. The van der Waals surface area contributed by atoms with Gasteiger partial charge in [0.25, 0.3) is 0 Å². The highest BCUT2D eigenvalue weighted by Crippen LogP contribution is 2.08. The van der Waals surface area contributed by atoms with Gasteiger partial charge in [-0.05, 0) is 20.8 Å². The van der Waals surface area contributed by atoms with E-state index in [0.717, 1.165) is 5.71 Å². The van der Waals surface area contributed by atoms with E-state index in [1.54, 1.807) is 0 Å². The van der Waals surface area contributed by atoms with Crippen LogP contribution in [0, 0.1) is 11.3 Å². The minimum absolute atomic E-state index is 0.0207. The van der Waals surface area contributed by atoms with Crippen molar-refractivity contribution in [2.45, 2.75) is 33.4 Å². The van der Waals surface area contributed by atoms with E-state index in [0.29, 0.717) is 0 Å². The molecule has 0 bridgehead atoms. The van der Waals surface area contributed by atoms with Crippen molar-refractivity contribution in [3.05, 3.63) is 0 Å². The molecule has 0 spiro atoms. The van der Waals surface area contributed by atoms with Crippen LogP contribution in [0.5, 0.6) is 0 Å². The van der Waals surface area contributed by atoms with Gasteiger partial charge in [-0.2, -0.15) is 0 Å². The Bertz CT molecular complexity index is 179. The van der Waals surface area contributed by atoms with Gasteiger partial charge in [-0.25, -0.2) is 4.39 Å². The molecular formula is C9H17FN2. The van der Waals surface area contributed by atoms with Gasteiger partial charge in [0, 0.05) is 17.8 Å². The average molecular weight is 172 g/mol. The maximum absolute atomic E-state index is 13.0. The van der Waals surface area contributed by atoms with Gasteiger partial charge in [-0.15, -0.1) is 0 Å². The Balaban J connectivity index is 4.09. The molecule has 0 rings (SSSR count). The highest BCUT2D eigenvalue weighted by Gasteiger charge is 2.14. The molecular weight excluding hydrogens is 155 g/mol. The summed E-state index contributed by atoms with van der Waals surface area (Å²) in [5.41, 5.74) is -0.432. The summed E-state index contributed by atoms with van der Waals surface area (Å²) in [5.74, 6) is 0.0207. The smallest absolute Gasteiger partial charge is 0.124 e. The van der Waals surface area contributed by atoms with Gasteiger partial charge < -0.3 is 5.41 Å². The van der Waals surface area contributed by atoms with Crippen molar-refractivity contribution in [1.82, 2.24) is 0 Å². The lowest BCUT2D eigenvalue weighted by Crippen LogP contribution is -2.19. The van der Waals surface area contributed by atoms with Crippen LogP contribution in [0.3, 0.4) is 0 Å². The fourth-order valence-corrected chi connectivity index (χ4v) is 0.577. The van der Waals surface area contributed by atoms with Crippen LogP contribution in [0.25, 0.3) is 0 Å². The van der Waals surface area contributed by atoms with E-state index in [-0.39, 0.29) is 12.5 Å². The topological polar surface area (TPSA) is 36.2 Å². The largest absolute Gasteiger partial charge is 0.312 e. The van der Waals surface area contributed by atoms with Gasteiger partial charge in [0.2, 0.25) is 0 Å². The molecule has 0 fully saturated rings. The molecule has 0 aliphatic carbocycles. The molecule has 1 N–H and O–H groups in total. The zero-order valence-electron chi connectivity index (χ0n) is 8.19. The lowest BCUT2D eigenvalue weighted by Gasteiger charge is -2.12. The molecule has 0 aromatic carbocycles. The normalized spacial score (nSPS) is 15.9. The number of rotatable bonds is 4. The third kappa shape index (κ3) is 4.99. The second kappa shape index (κ2) is 4.33. The van der Waals surface area contributed by atoms with E-state index < -0.39 is 5.67 Å². The Morgan fingerprint density at radius 2 is 2.17 bits per heavy atom. The van der Waals surface area contributed by atoms with E-state index in [1.807, 2.05) is 13.8 Å². The lowest BCUT2D eigenvalue weighted by atomic mass is 10.1. The summed E-state index contributed by atoms with van der Waals surface area (Å²) in [4.78, 5) is 4.06. The van der Waals surface area contributed by atoms with E-state index in [9.17, 15) is 4.39 Å². The van der Waals surface area contributed by atoms with Crippen LogP contribution >= 0.6 is 0 Å². The monoisotopic (exact) mass is 172 g/mol. The molecule has 0 saturated carbocycles. The van der Waals surface area contributed by atoms with Gasteiger partial charge in [0.15, 0.2) is 0 Å². The van der Waals surface area contributed by atoms with Crippen LogP contribution in [0.1, 0.15) is 27.7 Å². The zero-order valence-corrected chi connectivity index (χ0v) is 8.19. The number of aliphatic imine (C=N–C) groups is 1. The van der Waals surface area contributed by atoms with Crippen molar-refractivity contribution in [2.75, 3.05) is 6.54 Å². The average Bonchev–Trinajstić information content (AvgIpc) is 1.97. The summed E-state index contributed by atoms with van der Waals surface area (Å²) in [6, 6.07) is 0.